The summed E-state index contributed by atoms with van der Waals surface area (Å²) in [6.45, 7) is 4.27. The number of aromatic nitrogens is 3. The zero-order valence-electron chi connectivity index (χ0n) is 12.6. The molecule has 2 aliphatic heterocycles. The first-order valence-corrected chi connectivity index (χ1v) is 7.75. The number of nitrogens with zero attached hydrogens (tertiary/aromatic N) is 3. The smallest absolute Gasteiger partial charge is 0.275 e. The molecule has 1 fully saturated rings. The number of aromatic amines is 1. The summed E-state index contributed by atoms with van der Waals surface area (Å²) >= 11 is 0. The van der Waals surface area contributed by atoms with Crippen molar-refractivity contribution < 1.29 is 9.32 Å². The van der Waals surface area contributed by atoms with Crippen molar-refractivity contribution in [2.45, 2.75) is 38.8 Å². The predicted octanol–water partition coefficient (Wildman–Crippen LogP) is 1.33. The SMILES string of the molecule is Cc1cc(C2CCCN2C(=O)c2n[nH]c3c2CCNC3)on1. The molecule has 22 heavy (non-hydrogen) atoms. The highest BCUT2D eigenvalue weighted by Crippen LogP contribution is 2.34. The maximum Gasteiger partial charge on any atom is 0.275 e. The van der Waals surface area contributed by atoms with Gasteiger partial charge in [0.15, 0.2) is 11.5 Å². The maximum absolute atomic E-state index is 12.9. The summed E-state index contributed by atoms with van der Waals surface area (Å²) in [4.78, 5) is 14.8. The Bertz CT molecular complexity index is 705. The quantitative estimate of drug-likeness (QED) is 0.874. The lowest BCUT2D eigenvalue weighted by atomic mass is 10.0. The summed E-state index contributed by atoms with van der Waals surface area (Å²) in [6.07, 6.45) is 2.73. The number of hydrogen-bond donors (Lipinski definition) is 2. The summed E-state index contributed by atoms with van der Waals surface area (Å²) < 4.78 is 5.38. The third-order valence-electron chi connectivity index (χ3n) is 4.50. The van der Waals surface area contributed by atoms with E-state index in [0.29, 0.717) is 5.69 Å². The number of H-pyrrole nitrogens is 1. The van der Waals surface area contributed by atoms with Crippen LogP contribution in [0.1, 0.15) is 52.1 Å². The van der Waals surface area contributed by atoms with Crippen molar-refractivity contribution in [1.29, 1.82) is 0 Å². The Labute approximate surface area is 128 Å². The molecule has 7 heteroatoms. The van der Waals surface area contributed by atoms with Crippen LogP contribution in [0.3, 0.4) is 0 Å². The van der Waals surface area contributed by atoms with E-state index in [0.717, 1.165) is 61.6 Å². The van der Waals surface area contributed by atoms with Crippen molar-refractivity contribution in [1.82, 2.24) is 25.6 Å². The molecule has 2 aromatic rings. The number of likely N-dealkylation sites (tertiary alicyclic amines) is 1. The van der Waals surface area contributed by atoms with E-state index < -0.39 is 0 Å². The second kappa shape index (κ2) is 5.24. The van der Waals surface area contributed by atoms with Gasteiger partial charge in [-0.25, -0.2) is 0 Å². The topological polar surface area (TPSA) is 87.0 Å². The Balaban J connectivity index is 1.63. The molecule has 4 rings (SSSR count). The lowest BCUT2D eigenvalue weighted by Gasteiger charge is -2.22. The first-order chi connectivity index (χ1) is 10.7. The van der Waals surface area contributed by atoms with Gasteiger partial charge in [0.25, 0.3) is 5.91 Å². The molecular weight excluding hydrogens is 282 g/mol. The zero-order valence-corrected chi connectivity index (χ0v) is 12.6. The molecule has 1 saturated heterocycles. The standard InChI is InChI=1S/C15H19N5O2/c1-9-7-13(22-19-9)12-3-2-6-20(12)15(21)14-10-4-5-16-8-11(10)17-18-14/h7,12,16H,2-6,8H2,1H3,(H,17,18). The highest BCUT2D eigenvalue weighted by molar-refractivity contribution is 5.94. The van der Waals surface area contributed by atoms with Crippen LogP contribution < -0.4 is 5.32 Å². The van der Waals surface area contributed by atoms with Crippen molar-refractivity contribution >= 4 is 5.91 Å². The van der Waals surface area contributed by atoms with Gasteiger partial charge >= 0.3 is 0 Å². The minimum Gasteiger partial charge on any atom is -0.359 e. The van der Waals surface area contributed by atoms with Gasteiger partial charge in [0.1, 0.15) is 0 Å². The summed E-state index contributed by atoms with van der Waals surface area (Å²) in [5, 5.41) is 14.5. The number of amides is 1. The van der Waals surface area contributed by atoms with Crippen molar-refractivity contribution in [3.63, 3.8) is 0 Å². The van der Waals surface area contributed by atoms with Crippen LogP contribution in [0.2, 0.25) is 0 Å². The average Bonchev–Trinajstić information content (AvgIpc) is 3.25. The summed E-state index contributed by atoms with van der Waals surface area (Å²) in [7, 11) is 0. The second-order valence-electron chi connectivity index (χ2n) is 5.98. The number of aryl methyl sites for hydroxylation is 1. The van der Waals surface area contributed by atoms with Crippen LogP contribution in [0.4, 0.5) is 0 Å². The van der Waals surface area contributed by atoms with E-state index in [2.05, 4.69) is 20.7 Å². The molecule has 0 bridgehead atoms. The normalized spacial score (nSPS) is 21.1. The van der Waals surface area contributed by atoms with Crippen molar-refractivity contribution in [3.05, 3.63) is 34.5 Å². The Hall–Kier alpha value is -2.15. The first kappa shape index (κ1) is 13.5. The average molecular weight is 301 g/mol. The molecule has 1 unspecified atom stereocenters. The molecule has 2 aliphatic rings. The van der Waals surface area contributed by atoms with Crippen LogP contribution >= 0.6 is 0 Å². The fourth-order valence-electron chi connectivity index (χ4n) is 3.40. The van der Waals surface area contributed by atoms with E-state index in [-0.39, 0.29) is 11.9 Å². The van der Waals surface area contributed by atoms with E-state index in [1.54, 1.807) is 0 Å². The molecule has 0 aliphatic carbocycles. The molecule has 7 nitrogen and oxygen atoms in total. The number of carbonyl (C=O) groups excluding carboxylic acids is 1. The van der Waals surface area contributed by atoms with Gasteiger partial charge in [0.05, 0.1) is 17.4 Å². The summed E-state index contributed by atoms with van der Waals surface area (Å²) in [5.41, 5.74) is 3.50. The van der Waals surface area contributed by atoms with Gasteiger partial charge in [-0.15, -0.1) is 0 Å². The maximum atomic E-state index is 12.9. The van der Waals surface area contributed by atoms with E-state index in [1.165, 1.54) is 0 Å². The van der Waals surface area contributed by atoms with Gasteiger partial charge in [-0.2, -0.15) is 5.10 Å². The predicted molar refractivity (Wildman–Crippen MR) is 78.2 cm³/mol. The minimum atomic E-state index is -0.0252. The molecule has 116 valence electrons. The Kier molecular flexibility index (Phi) is 3.22. The van der Waals surface area contributed by atoms with Crippen molar-refractivity contribution in [2.75, 3.05) is 13.1 Å². The van der Waals surface area contributed by atoms with Gasteiger partial charge in [-0.05, 0) is 32.7 Å². The van der Waals surface area contributed by atoms with Gasteiger partial charge in [0.2, 0.25) is 0 Å². The molecule has 0 aromatic carbocycles. The zero-order chi connectivity index (χ0) is 15.1. The molecule has 4 heterocycles. The second-order valence-corrected chi connectivity index (χ2v) is 5.98. The van der Waals surface area contributed by atoms with Crippen LogP contribution in [0.25, 0.3) is 0 Å². The highest BCUT2D eigenvalue weighted by Gasteiger charge is 2.35. The molecule has 0 saturated carbocycles. The van der Waals surface area contributed by atoms with Crippen molar-refractivity contribution in [3.8, 4) is 0 Å². The van der Waals surface area contributed by atoms with Crippen LogP contribution in [-0.4, -0.2) is 39.3 Å². The largest absolute Gasteiger partial charge is 0.359 e. The number of hydrogen-bond acceptors (Lipinski definition) is 5. The Morgan fingerprint density at radius 3 is 3.23 bits per heavy atom. The first-order valence-electron chi connectivity index (χ1n) is 7.75. The van der Waals surface area contributed by atoms with Crippen LogP contribution in [0.5, 0.6) is 0 Å². The molecule has 2 aromatic heterocycles. The minimum absolute atomic E-state index is 0.00375. The summed E-state index contributed by atoms with van der Waals surface area (Å²) in [6, 6.07) is 1.89. The van der Waals surface area contributed by atoms with E-state index in [9.17, 15) is 4.79 Å². The Morgan fingerprint density at radius 1 is 1.50 bits per heavy atom. The van der Waals surface area contributed by atoms with Gasteiger partial charge in [0, 0.05) is 24.7 Å². The van der Waals surface area contributed by atoms with E-state index >= 15 is 0 Å². The highest BCUT2D eigenvalue weighted by atomic mass is 16.5. The molecule has 1 atom stereocenters. The molecule has 0 radical (unpaired) electrons. The molecular formula is C15H19N5O2. The summed E-state index contributed by atoms with van der Waals surface area (Å²) in [5.74, 6) is 0.769. The number of rotatable bonds is 2. The Morgan fingerprint density at radius 2 is 2.41 bits per heavy atom. The van der Waals surface area contributed by atoms with Crippen LogP contribution in [0.15, 0.2) is 10.6 Å². The monoisotopic (exact) mass is 301 g/mol. The number of nitrogens with one attached hydrogen (secondary N) is 2. The third-order valence-corrected chi connectivity index (χ3v) is 4.50. The fraction of sp³-hybridized carbons (Fsp3) is 0.533. The van der Waals surface area contributed by atoms with Crippen LogP contribution in [-0.2, 0) is 13.0 Å². The molecule has 1 amide bonds. The lowest BCUT2D eigenvalue weighted by Crippen LogP contribution is -2.32. The van der Waals surface area contributed by atoms with Gasteiger partial charge < -0.3 is 14.7 Å². The van der Waals surface area contributed by atoms with E-state index in [1.807, 2.05) is 17.9 Å². The van der Waals surface area contributed by atoms with Crippen molar-refractivity contribution in [2.24, 2.45) is 0 Å². The fourth-order valence-corrected chi connectivity index (χ4v) is 3.40. The molecule has 0 spiro atoms. The number of fused-ring (bicyclic) bond motifs is 1. The van der Waals surface area contributed by atoms with Gasteiger partial charge in [-0.3, -0.25) is 9.89 Å². The molecule has 2 N–H and O–H groups in total. The van der Waals surface area contributed by atoms with E-state index in [4.69, 9.17) is 4.52 Å². The number of carbonyl (C=O) groups is 1. The van der Waals surface area contributed by atoms with Gasteiger partial charge in [-0.1, -0.05) is 5.16 Å². The third kappa shape index (κ3) is 2.12. The van der Waals surface area contributed by atoms with Crippen LogP contribution in [0, 0.1) is 6.92 Å². The lowest BCUT2D eigenvalue weighted by molar-refractivity contribution is 0.0707.